The Morgan fingerprint density at radius 2 is 1.86 bits per heavy atom. The number of thiophene rings is 1. The van der Waals surface area contributed by atoms with Crippen LogP contribution >= 0.6 is 11.3 Å². The van der Waals surface area contributed by atoms with Crippen LogP contribution in [0.15, 0.2) is 24.3 Å². The number of methoxy groups -OCH3 is 2. The molecule has 0 fully saturated rings. The van der Waals surface area contributed by atoms with Gasteiger partial charge in [0.25, 0.3) is 5.91 Å². The third-order valence-corrected chi connectivity index (χ3v) is 4.40. The summed E-state index contributed by atoms with van der Waals surface area (Å²) in [6.07, 6.45) is 0.744. The maximum absolute atomic E-state index is 12.1. The molecule has 118 valence electrons. The van der Waals surface area contributed by atoms with Crippen molar-refractivity contribution in [2.24, 2.45) is 0 Å². The van der Waals surface area contributed by atoms with Gasteiger partial charge in [-0.15, -0.1) is 11.3 Å². The summed E-state index contributed by atoms with van der Waals surface area (Å²) in [5, 5.41) is 2.96. The molecule has 0 bridgehead atoms. The van der Waals surface area contributed by atoms with Crippen LogP contribution in [0.3, 0.4) is 0 Å². The number of nitrogens with one attached hydrogen (secondary N) is 1. The Labute approximate surface area is 135 Å². The lowest BCUT2D eigenvalue weighted by atomic mass is 10.1. The molecule has 0 radical (unpaired) electrons. The van der Waals surface area contributed by atoms with E-state index >= 15 is 0 Å². The first-order valence-corrected chi connectivity index (χ1v) is 7.93. The van der Waals surface area contributed by atoms with E-state index in [1.165, 1.54) is 0 Å². The van der Waals surface area contributed by atoms with Crippen LogP contribution in [-0.2, 0) is 6.42 Å². The molecule has 2 rings (SSSR count). The van der Waals surface area contributed by atoms with Gasteiger partial charge in [-0.2, -0.15) is 0 Å². The van der Waals surface area contributed by atoms with Crippen LogP contribution < -0.4 is 14.8 Å². The number of carbonyl (C=O) groups excluding carboxylic acids is 1. The minimum atomic E-state index is -0.0117. The third kappa shape index (κ3) is 3.80. The molecule has 1 heterocycles. The van der Waals surface area contributed by atoms with Gasteiger partial charge in [0.05, 0.1) is 19.8 Å². The van der Waals surface area contributed by atoms with E-state index in [9.17, 15) is 4.79 Å². The van der Waals surface area contributed by atoms with Crippen molar-refractivity contribution in [1.82, 2.24) is 5.32 Å². The van der Waals surface area contributed by atoms with Gasteiger partial charge in [0.15, 0.2) is 11.5 Å². The van der Waals surface area contributed by atoms with Crippen LogP contribution in [0.5, 0.6) is 11.5 Å². The SMILES string of the molecule is COc1ccc(CCNC(=O)c2cc(C)sc2C)cc1OC. The molecule has 1 aromatic heterocycles. The molecule has 0 aliphatic heterocycles. The van der Waals surface area contributed by atoms with E-state index in [4.69, 9.17) is 9.47 Å². The van der Waals surface area contributed by atoms with E-state index in [0.717, 1.165) is 27.3 Å². The highest BCUT2D eigenvalue weighted by Gasteiger charge is 2.11. The van der Waals surface area contributed by atoms with E-state index in [1.807, 2.05) is 38.1 Å². The van der Waals surface area contributed by atoms with Crippen LogP contribution in [0.1, 0.15) is 25.7 Å². The number of ether oxygens (including phenoxy) is 2. The van der Waals surface area contributed by atoms with E-state index in [0.29, 0.717) is 18.0 Å². The number of hydrogen-bond acceptors (Lipinski definition) is 4. The van der Waals surface area contributed by atoms with Gasteiger partial charge in [-0.3, -0.25) is 4.79 Å². The molecule has 0 unspecified atom stereocenters. The van der Waals surface area contributed by atoms with Crippen molar-refractivity contribution >= 4 is 17.2 Å². The predicted octanol–water partition coefficient (Wildman–Crippen LogP) is 3.35. The summed E-state index contributed by atoms with van der Waals surface area (Å²) in [6, 6.07) is 7.73. The zero-order valence-electron chi connectivity index (χ0n) is 13.4. The van der Waals surface area contributed by atoms with Crippen molar-refractivity contribution in [3.05, 3.63) is 45.1 Å². The second-order valence-electron chi connectivity index (χ2n) is 5.02. The van der Waals surface area contributed by atoms with Crippen LogP contribution in [0.2, 0.25) is 0 Å². The van der Waals surface area contributed by atoms with Gasteiger partial charge < -0.3 is 14.8 Å². The first kappa shape index (κ1) is 16.4. The molecule has 1 aromatic carbocycles. The molecule has 0 saturated heterocycles. The first-order chi connectivity index (χ1) is 10.5. The van der Waals surface area contributed by atoms with Crippen molar-refractivity contribution in [2.75, 3.05) is 20.8 Å². The molecule has 0 aliphatic rings. The van der Waals surface area contributed by atoms with Crippen LogP contribution in [0.25, 0.3) is 0 Å². The molecular formula is C17H21NO3S. The molecule has 5 heteroatoms. The average molecular weight is 319 g/mol. The van der Waals surface area contributed by atoms with E-state index in [1.54, 1.807) is 25.6 Å². The molecule has 0 atom stereocenters. The van der Waals surface area contributed by atoms with Gasteiger partial charge in [-0.05, 0) is 44.0 Å². The Morgan fingerprint density at radius 3 is 2.45 bits per heavy atom. The van der Waals surface area contributed by atoms with Gasteiger partial charge in [0.2, 0.25) is 0 Å². The fourth-order valence-electron chi connectivity index (χ4n) is 2.31. The van der Waals surface area contributed by atoms with Crippen molar-refractivity contribution in [2.45, 2.75) is 20.3 Å². The van der Waals surface area contributed by atoms with Crippen LogP contribution in [0.4, 0.5) is 0 Å². The Balaban J connectivity index is 1.93. The number of carbonyl (C=O) groups is 1. The molecule has 0 saturated carbocycles. The maximum Gasteiger partial charge on any atom is 0.252 e. The highest BCUT2D eigenvalue weighted by molar-refractivity contribution is 7.12. The molecule has 2 aromatic rings. The monoisotopic (exact) mass is 319 g/mol. The molecule has 0 aliphatic carbocycles. The summed E-state index contributed by atoms with van der Waals surface area (Å²) in [5.41, 5.74) is 1.87. The van der Waals surface area contributed by atoms with Gasteiger partial charge in [0, 0.05) is 16.3 Å². The van der Waals surface area contributed by atoms with Crippen molar-refractivity contribution in [3.63, 3.8) is 0 Å². The topological polar surface area (TPSA) is 47.6 Å². The smallest absolute Gasteiger partial charge is 0.252 e. The summed E-state index contributed by atoms with van der Waals surface area (Å²) in [5.74, 6) is 1.40. The van der Waals surface area contributed by atoms with Gasteiger partial charge in [-0.1, -0.05) is 6.07 Å². The van der Waals surface area contributed by atoms with E-state index in [-0.39, 0.29) is 5.91 Å². The zero-order valence-corrected chi connectivity index (χ0v) is 14.2. The van der Waals surface area contributed by atoms with E-state index in [2.05, 4.69) is 5.32 Å². The molecular weight excluding hydrogens is 298 g/mol. The fourth-order valence-corrected chi connectivity index (χ4v) is 3.23. The van der Waals surface area contributed by atoms with Crippen LogP contribution in [-0.4, -0.2) is 26.7 Å². The lowest BCUT2D eigenvalue weighted by Gasteiger charge is -2.10. The second-order valence-corrected chi connectivity index (χ2v) is 6.48. The number of benzene rings is 1. The van der Waals surface area contributed by atoms with Crippen LogP contribution in [0, 0.1) is 13.8 Å². The number of rotatable bonds is 6. The maximum atomic E-state index is 12.1. The number of hydrogen-bond donors (Lipinski definition) is 1. The second kappa shape index (κ2) is 7.31. The Kier molecular flexibility index (Phi) is 5.44. The Bertz CT molecular complexity index is 664. The molecule has 1 N–H and O–H groups in total. The highest BCUT2D eigenvalue weighted by atomic mass is 32.1. The molecule has 0 spiro atoms. The predicted molar refractivity (Wildman–Crippen MR) is 89.4 cm³/mol. The summed E-state index contributed by atoms with van der Waals surface area (Å²) >= 11 is 1.65. The molecule has 1 amide bonds. The lowest BCUT2D eigenvalue weighted by Crippen LogP contribution is -2.25. The minimum absolute atomic E-state index is 0.0117. The van der Waals surface area contributed by atoms with Crippen molar-refractivity contribution < 1.29 is 14.3 Å². The number of amides is 1. The molecule has 4 nitrogen and oxygen atoms in total. The quantitative estimate of drug-likeness (QED) is 0.888. The minimum Gasteiger partial charge on any atom is -0.493 e. The standard InChI is InChI=1S/C17H21NO3S/c1-11-9-14(12(2)22-11)17(19)18-8-7-13-5-6-15(20-3)16(10-13)21-4/h5-6,9-10H,7-8H2,1-4H3,(H,18,19). The summed E-state index contributed by atoms with van der Waals surface area (Å²) in [7, 11) is 3.23. The first-order valence-electron chi connectivity index (χ1n) is 7.11. The normalized spacial score (nSPS) is 10.4. The lowest BCUT2D eigenvalue weighted by molar-refractivity contribution is 0.0954. The molecule has 22 heavy (non-hydrogen) atoms. The summed E-state index contributed by atoms with van der Waals surface area (Å²) in [4.78, 5) is 14.4. The number of aryl methyl sites for hydroxylation is 2. The largest absolute Gasteiger partial charge is 0.493 e. The summed E-state index contributed by atoms with van der Waals surface area (Å²) < 4.78 is 10.5. The van der Waals surface area contributed by atoms with Crippen molar-refractivity contribution in [3.8, 4) is 11.5 Å². The fraction of sp³-hybridized carbons (Fsp3) is 0.353. The Hall–Kier alpha value is -2.01. The zero-order chi connectivity index (χ0) is 16.1. The van der Waals surface area contributed by atoms with Crippen molar-refractivity contribution in [1.29, 1.82) is 0 Å². The van der Waals surface area contributed by atoms with E-state index < -0.39 is 0 Å². The average Bonchev–Trinajstić information content (AvgIpc) is 2.85. The Morgan fingerprint density at radius 1 is 1.14 bits per heavy atom. The highest BCUT2D eigenvalue weighted by Crippen LogP contribution is 2.27. The van der Waals surface area contributed by atoms with Gasteiger partial charge in [0.1, 0.15) is 0 Å². The third-order valence-electron chi connectivity index (χ3n) is 3.43. The van der Waals surface area contributed by atoms with Gasteiger partial charge in [-0.25, -0.2) is 0 Å². The summed E-state index contributed by atoms with van der Waals surface area (Å²) in [6.45, 7) is 4.57. The van der Waals surface area contributed by atoms with Gasteiger partial charge >= 0.3 is 0 Å².